The number of nitrogens with zero attached hydrogens (tertiary/aromatic N) is 1. The summed E-state index contributed by atoms with van der Waals surface area (Å²) in [6.45, 7) is 4.04. The molecule has 17 heavy (non-hydrogen) atoms. The van der Waals surface area contributed by atoms with E-state index in [4.69, 9.17) is 5.26 Å². The predicted octanol–water partition coefficient (Wildman–Crippen LogP) is 3.20. The van der Waals surface area contributed by atoms with E-state index in [1.807, 2.05) is 19.9 Å². The zero-order valence-electron chi connectivity index (χ0n) is 10.1. The SMILES string of the molecule is CC(C)NC(C#N)CCSc1cccc(F)c1. The predicted molar refractivity (Wildman–Crippen MR) is 69.4 cm³/mol. The summed E-state index contributed by atoms with van der Waals surface area (Å²) in [6, 6.07) is 8.94. The van der Waals surface area contributed by atoms with Gasteiger partial charge in [-0.05, 0) is 38.5 Å². The Bertz CT molecular complexity index is 387. The zero-order chi connectivity index (χ0) is 12.7. The maximum absolute atomic E-state index is 12.9. The van der Waals surface area contributed by atoms with Crippen molar-refractivity contribution in [2.24, 2.45) is 0 Å². The second kappa shape index (κ2) is 7.31. The number of hydrogen-bond donors (Lipinski definition) is 1. The van der Waals surface area contributed by atoms with Gasteiger partial charge in [-0.1, -0.05) is 6.07 Å². The Balaban J connectivity index is 2.34. The normalized spacial score (nSPS) is 12.4. The summed E-state index contributed by atoms with van der Waals surface area (Å²) in [6.07, 6.45) is 0.760. The van der Waals surface area contributed by atoms with Gasteiger partial charge in [-0.2, -0.15) is 5.26 Å². The van der Waals surface area contributed by atoms with E-state index in [1.165, 1.54) is 12.1 Å². The third-order valence-corrected chi connectivity index (χ3v) is 3.19. The molecular weight excluding hydrogens is 235 g/mol. The summed E-state index contributed by atoms with van der Waals surface area (Å²) in [4.78, 5) is 0.909. The third kappa shape index (κ3) is 5.71. The van der Waals surface area contributed by atoms with Crippen LogP contribution in [0.1, 0.15) is 20.3 Å². The van der Waals surface area contributed by atoms with Crippen LogP contribution in [0.2, 0.25) is 0 Å². The quantitative estimate of drug-likeness (QED) is 0.790. The molecule has 1 unspecified atom stereocenters. The highest BCUT2D eigenvalue weighted by atomic mass is 32.2. The molecule has 2 nitrogen and oxygen atoms in total. The first-order chi connectivity index (χ1) is 8.11. The number of nitrogens with one attached hydrogen (secondary N) is 1. The number of rotatable bonds is 6. The molecule has 0 saturated heterocycles. The minimum atomic E-state index is -0.216. The monoisotopic (exact) mass is 252 g/mol. The Hall–Kier alpha value is -1.05. The summed E-state index contributed by atoms with van der Waals surface area (Å²) < 4.78 is 12.9. The maximum atomic E-state index is 12.9. The van der Waals surface area contributed by atoms with E-state index in [0.29, 0.717) is 6.04 Å². The molecule has 4 heteroatoms. The van der Waals surface area contributed by atoms with Crippen molar-refractivity contribution in [3.8, 4) is 6.07 Å². The molecule has 0 aliphatic carbocycles. The van der Waals surface area contributed by atoms with E-state index in [9.17, 15) is 4.39 Å². The molecule has 0 aliphatic heterocycles. The van der Waals surface area contributed by atoms with Crippen molar-refractivity contribution in [2.75, 3.05) is 5.75 Å². The largest absolute Gasteiger partial charge is 0.300 e. The first-order valence-corrected chi connectivity index (χ1v) is 6.64. The zero-order valence-corrected chi connectivity index (χ0v) is 10.9. The van der Waals surface area contributed by atoms with E-state index >= 15 is 0 Å². The van der Waals surface area contributed by atoms with Gasteiger partial charge in [0.2, 0.25) is 0 Å². The summed E-state index contributed by atoms with van der Waals surface area (Å²) in [5, 5.41) is 12.1. The molecule has 0 aromatic heterocycles. The number of nitriles is 1. The Morgan fingerprint density at radius 1 is 1.47 bits per heavy atom. The lowest BCUT2D eigenvalue weighted by Gasteiger charge is -2.13. The van der Waals surface area contributed by atoms with Gasteiger partial charge in [0.05, 0.1) is 12.1 Å². The minimum absolute atomic E-state index is 0.129. The fourth-order valence-electron chi connectivity index (χ4n) is 1.44. The number of halogens is 1. The molecule has 0 bridgehead atoms. The number of hydrogen-bond acceptors (Lipinski definition) is 3. The summed E-state index contributed by atoms with van der Waals surface area (Å²) >= 11 is 1.57. The summed E-state index contributed by atoms with van der Waals surface area (Å²) in [7, 11) is 0. The highest BCUT2D eigenvalue weighted by Crippen LogP contribution is 2.19. The van der Waals surface area contributed by atoms with Crippen LogP contribution in [-0.4, -0.2) is 17.8 Å². The van der Waals surface area contributed by atoms with Crippen molar-refractivity contribution in [2.45, 2.75) is 37.2 Å². The van der Waals surface area contributed by atoms with E-state index in [1.54, 1.807) is 17.8 Å². The number of benzene rings is 1. The van der Waals surface area contributed by atoms with Crippen LogP contribution < -0.4 is 5.32 Å². The van der Waals surface area contributed by atoms with Crippen molar-refractivity contribution in [3.05, 3.63) is 30.1 Å². The van der Waals surface area contributed by atoms with Crippen molar-refractivity contribution in [3.63, 3.8) is 0 Å². The van der Waals surface area contributed by atoms with E-state index in [0.717, 1.165) is 17.1 Å². The van der Waals surface area contributed by atoms with Crippen molar-refractivity contribution in [1.29, 1.82) is 5.26 Å². The molecule has 0 radical (unpaired) electrons. The van der Waals surface area contributed by atoms with Crippen molar-refractivity contribution >= 4 is 11.8 Å². The lowest BCUT2D eigenvalue weighted by Crippen LogP contribution is -2.33. The Kier molecular flexibility index (Phi) is 6.03. The lowest BCUT2D eigenvalue weighted by molar-refractivity contribution is 0.522. The van der Waals surface area contributed by atoms with Crippen LogP contribution in [-0.2, 0) is 0 Å². The molecule has 1 rings (SSSR count). The van der Waals surface area contributed by atoms with Crippen molar-refractivity contribution in [1.82, 2.24) is 5.32 Å². The van der Waals surface area contributed by atoms with Crippen molar-refractivity contribution < 1.29 is 4.39 Å². The van der Waals surface area contributed by atoms with Crippen LogP contribution in [0.25, 0.3) is 0 Å². The molecule has 0 spiro atoms. The van der Waals surface area contributed by atoms with Gasteiger partial charge in [-0.15, -0.1) is 11.8 Å². The Morgan fingerprint density at radius 3 is 2.82 bits per heavy atom. The van der Waals surface area contributed by atoms with Gasteiger partial charge < -0.3 is 0 Å². The minimum Gasteiger partial charge on any atom is -0.300 e. The van der Waals surface area contributed by atoms with E-state index in [2.05, 4.69) is 11.4 Å². The van der Waals surface area contributed by atoms with Crippen LogP contribution in [0.5, 0.6) is 0 Å². The summed E-state index contributed by atoms with van der Waals surface area (Å²) in [5.74, 6) is 0.591. The maximum Gasteiger partial charge on any atom is 0.124 e. The molecule has 1 aromatic carbocycles. The molecule has 1 aromatic rings. The van der Waals surface area contributed by atoms with Gasteiger partial charge >= 0.3 is 0 Å². The highest BCUT2D eigenvalue weighted by Gasteiger charge is 2.08. The average Bonchev–Trinajstić information content (AvgIpc) is 2.27. The van der Waals surface area contributed by atoms with Crippen LogP contribution >= 0.6 is 11.8 Å². The highest BCUT2D eigenvalue weighted by molar-refractivity contribution is 7.99. The molecule has 0 aliphatic rings. The smallest absolute Gasteiger partial charge is 0.124 e. The molecule has 1 N–H and O–H groups in total. The first kappa shape index (κ1) is 14.0. The molecule has 0 fully saturated rings. The first-order valence-electron chi connectivity index (χ1n) is 5.66. The Morgan fingerprint density at radius 2 is 2.24 bits per heavy atom. The fraction of sp³-hybridized carbons (Fsp3) is 0.462. The molecular formula is C13H17FN2S. The van der Waals surface area contributed by atoms with Gasteiger partial charge in [-0.3, -0.25) is 5.32 Å². The summed E-state index contributed by atoms with van der Waals surface area (Å²) in [5.41, 5.74) is 0. The lowest BCUT2D eigenvalue weighted by atomic mass is 10.2. The fourth-order valence-corrected chi connectivity index (χ4v) is 2.40. The number of thioether (sulfide) groups is 1. The molecule has 1 atom stereocenters. The molecule has 92 valence electrons. The molecule has 0 amide bonds. The van der Waals surface area contributed by atoms with Gasteiger partial charge in [0, 0.05) is 16.7 Å². The van der Waals surface area contributed by atoms with Crippen LogP contribution in [0.15, 0.2) is 29.2 Å². The second-order valence-electron chi connectivity index (χ2n) is 4.10. The van der Waals surface area contributed by atoms with Gasteiger partial charge in [-0.25, -0.2) is 4.39 Å². The van der Waals surface area contributed by atoms with Crippen LogP contribution in [0, 0.1) is 17.1 Å². The third-order valence-electron chi connectivity index (χ3n) is 2.16. The van der Waals surface area contributed by atoms with Crippen LogP contribution in [0.3, 0.4) is 0 Å². The molecule has 0 heterocycles. The standard InChI is InChI=1S/C13H17FN2S/c1-10(2)16-12(9-15)6-7-17-13-5-3-4-11(14)8-13/h3-5,8,10,12,16H,6-7H2,1-2H3. The van der Waals surface area contributed by atoms with E-state index < -0.39 is 0 Å². The topological polar surface area (TPSA) is 35.8 Å². The average molecular weight is 252 g/mol. The van der Waals surface area contributed by atoms with Gasteiger partial charge in [0.1, 0.15) is 5.82 Å². The van der Waals surface area contributed by atoms with Gasteiger partial charge in [0.25, 0.3) is 0 Å². The second-order valence-corrected chi connectivity index (χ2v) is 5.27. The molecule has 0 saturated carbocycles. The Labute approximate surface area is 106 Å². The van der Waals surface area contributed by atoms with Crippen LogP contribution in [0.4, 0.5) is 4.39 Å². The van der Waals surface area contributed by atoms with Gasteiger partial charge in [0.15, 0.2) is 0 Å². The van der Waals surface area contributed by atoms with E-state index in [-0.39, 0.29) is 11.9 Å².